The lowest BCUT2D eigenvalue weighted by Gasteiger charge is -2.34. The Morgan fingerprint density at radius 3 is 2.48 bits per heavy atom. The van der Waals surface area contributed by atoms with Gasteiger partial charge in [0, 0.05) is 28.8 Å². The molecule has 0 spiro atoms. The number of hydrogen-bond acceptors (Lipinski definition) is 3. The molecule has 1 aliphatic rings. The third-order valence-electron chi connectivity index (χ3n) is 3.69. The summed E-state index contributed by atoms with van der Waals surface area (Å²) in [6.07, 6.45) is 0.604. The van der Waals surface area contributed by atoms with E-state index in [-0.39, 0.29) is 17.9 Å². The molecule has 2 rings (SSSR count). The van der Waals surface area contributed by atoms with Crippen molar-refractivity contribution in [2.45, 2.75) is 37.8 Å². The van der Waals surface area contributed by atoms with Crippen LogP contribution in [0.4, 0.5) is 0 Å². The average Bonchev–Trinajstić information content (AvgIpc) is 2.37. The van der Waals surface area contributed by atoms with E-state index in [1.165, 1.54) is 0 Å². The number of hydrogen-bond donors (Lipinski definition) is 2. The normalized spacial score (nSPS) is 19.0. The van der Waals surface area contributed by atoms with Gasteiger partial charge in [-0.25, -0.2) is 0 Å². The van der Waals surface area contributed by atoms with E-state index < -0.39 is 6.10 Å². The number of rotatable bonds is 4. The Balaban J connectivity index is 1.95. The Labute approximate surface area is 134 Å². The molecule has 0 radical (unpaired) electrons. The number of carbonyl (C=O) groups excluding carboxylic acids is 1. The van der Waals surface area contributed by atoms with Crippen LogP contribution in [0.3, 0.4) is 0 Å². The zero-order valence-electron chi connectivity index (χ0n) is 11.9. The van der Waals surface area contributed by atoms with Gasteiger partial charge in [0.25, 0.3) is 0 Å². The molecule has 1 fully saturated rings. The third kappa shape index (κ3) is 4.85. The molecule has 0 unspecified atom stereocenters. The second-order valence-electron chi connectivity index (χ2n) is 5.64. The first kappa shape index (κ1) is 16.6. The molecular formula is C15H19Cl2NO3. The third-order valence-corrected chi connectivity index (χ3v) is 4.12. The molecule has 21 heavy (non-hydrogen) atoms. The van der Waals surface area contributed by atoms with Crippen LogP contribution in [0.1, 0.15) is 37.9 Å². The number of aliphatic hydroxyl groups is 1. The van der Waals surface area contributed by atoms with Crippen molar-refractivity contribution in [3.63, 3.8) is 0 Å². The summed E-state index contributed by atoms with van der Waals surface area (Å²) in [4.78, 5) is 12.1. The van der Waals surface area contributed by atoms with Gasteiger partial charge in [-0.15, -0.1) is 0 Å². The quantitative estimate of drug-likeness (QED) is 0.891. The van der Waals surface area contributed by atoms with E-state index >= 15 is 0 Å². The van der Waals surface area contributed by atoms with Gasteiger partial charge in [-0.2, -0.15) is 0 Å². The van der Waals surface area contributed by atoms with Crippen LogP contribution in [0.25, 0.3) is 0 Å². The van der Waals surface area contributed by atoms with E-state index in [1.807, 2.05) is 6.92 Å². The molecule has 6 heteroatoms. The van der Waals surface area contributed by atoms with E-state index in [0.29, 0.717) is 28.8 Å². The van der Waals surface area contributed by atoms with E-state index in [9.17, 15) is 9.90 Å². The van der Waals surface area contributed by atoms with Gasteiger partial charge in [0.2, 0.25) is 5.91 Å². The Kier molecular flexibility index (Phi) is 5.49. The van der Waals surface area contributed by atoms with Crippen molar-refractivity contribution in [3.8, 4) is 0 Å². The van der Waals surface area contributed by atoms with Gasteiger partial charge >= 0.3 is 0 Å². The highest BCUT2D eigenvalue weighted by atomic mass is 35.5. The van der Waals surface area contributed by atoms with Gasteiger partial charge in [0.05, 0.1) is 12.5 Å². The van der Waals surface area contributed by atoms with Crippen molar-refractivity contribution in [2.75, 3.05) is 13.2 Å². The Morgan fingerprint density at radius 2 is 1.90 bits per heavy atom. The van der Waals surface area contributed by atoms with Crippen LogP contribution >= 0.6 is 23.2 Å². The van der Waals surface area contributed by atoms with Crippen LogP contribution in [-0.2, 0) is 9.53 Å². The molecule has 1 aromatic carbocycles. The fourth-order valence-corrected chi connectivity index (χ4v) is 2.94. The lowest BCUT2D eigenvalue weighted by Crippen LogP contribution is -2.49. The van der Waals surface area contributed by atoms with Crippen LogP contribution in [-0.4, -0.2) is 29.8 Å². The molecule has 0 aromatic heterocycles. The first-order valence-corrected chi connectivity index (χ1v) is 7.66. The molecule has 1 amide bonds. The molecule has 1 aliphatic heterocycles. The molecule has 0 aliphatic carbocycles. The summed E-state index contributed by atoms with van der Waals surface area (Å²) < 4.78 is 5.29. The van der Waals surface area contributed by atoms with Crippen molar-refractivity contribution >= 4 is 29.1 Å². The molecular weight excluding hydrogens is 313 g/mol. The number of halogens is 2. The van der Waals surface area contributed by atoms with Crippen LogP contribution in [0.2, 0.25) is 10.0 Å². The van der Waals surface area contributed by atoms with Gasteiger partial charge in [-0.3, -0.25) is 4.79 Å². The Hall–Kier alpha value is -0.810. The predicted molar refractivity (Wildman–Crippen MR) is 82.6 cm³/mol. The summed E-state index contributed by atoms with van der Waals surface area (Å²) in [5.74, 6) is -0.192. The van der Waals surface area contributed by atoms with Crippen molar-refractivity contribution < 1.29 is 14.6 Å². The maximum atomic E-state index is 12.1. The lowest BCUT2D eigenvalue weighted by molar-refractivity contribution is -0.126. The topological polar surface area (TPSA) is 58.6 Å². The monoisotopic (exact) mass is 331 g/mol. The largest absolute Gasteiger partial charge is 0.388 e. The van der Waals surface area contributed by atoms with Crippen LogP contribution < -0.4 is 5.32 Å². The van der Waals surface area contributed by atoms with Crippen LogP contribution in [0.15, 0.2) is 18.2 Å². The molecule has 1 atom stereocenters. The summed E-state index contributed by atoms with van der Waals surface area (Å²) in [7, 11) is 0. The zero-order chi connectivity index (χ0) is 15.5. The Morgan fingerprint density at radius 1 is 1.33 bits per heavy atom. The summed E-state index contributed by atoms with van der Waals surface area (Å²) in [6.45, 7) is 3.28. The highest BCUT2D eigenvalue weighted by molar-refractivity contribution is 6.34. The van der Waals surface area contributed by atoms with Gasteiger partial charge in [-0.05, 0) is 43.5 Å². The van der Waals surface area contributed by atoms with Crippen molar-refractivity contribution in [2.24, 2.45) is 0 Å². The maximum Gasteiger partial charge on any atom is 0.223 e. The zero-order valence-corrected chi connectivity index (χ0v) is 13.4. The van der Waals surface area contributed by atoms with E-state index in [4.69, 9.17) is 27.9 Å². The second-order valence-corrected chi connectivity index (χ2v) is 6.52. The summed E-state index contributed by atoms with van der Waals surface area (Å²) in [5, 5.41) is 14.0. The second kappa shape index (κ2) is 6.97. The minimum atomic E-state index is -0.926. The lowest BCUT2D eigenvalue weighted by atomic mass is 9.92. The summed E-state index contributed by atoms with van der Waals surface area (Å²) >= 11 is 11.8. The number of aliphatic hydroxyl groups excluding tert-OH is 1. The number of nitrogens with one attached hydrogen (secondary N) is 1. The highest BCUT2D eigenvalue weighted by Crippen LogP contribution is 2.26. The number of carbonyl (C=O) groups is 1. The standard InChI is InChI=1S/C15H19Cl2NO3/c1-15(2-4-21-5-3-15)18-14(20)9-13(19)10-6-11(16)8-12(17)7-10/h6-8,13,19H,2-5,9H2,1H3,(H,18,20)/t13-/m0/s1. The fourth-order valence-electron chi connectivity index (χ4n) is 2.40. The summed E-state index contributed by atoms with van der Waals surface area (Å²) in [5.41, 5.74) is 0.279. The van der Waals surface area contributed by atoms with Crippen molar-refractivity contribution in [3.05, 3.63) is 33.8 Å². The molecule has 0 saturated carbocycles. The molecule has 2 N–H and O–H groups in total. The molecule has 1 aromatic rings. The number of benzene rings is 1. The molecule has 116 valence electrons. The first-order chi connectivity index (χ1) is 9.88. The maximum absolute atomic E-state index is 12.1. The van der Waals surface area contributed by atoms with Crippen LogP contribution in [0.5, 0.6) is 0 Å². The smallest absolute Gasteiger partial charge is 0.223 e. The van der Waals surface area contributed by atoms with Gasteiger partial charge < -0.3 is 15.2 Å². The van der Waals surface area contributed by atoms with Gasteiger partial charge in [0.1, 0.15) is 0 Å². The van der Waals surface area contributed by atoms with E-state index in [0.717, 1.165) is 12.8 Å². The number of ether oxygens (including phenoxy) is 1. The van der Waals surface area contributed by atoms with E-state index in [1.54, 1.807) is 18.2 Å². The minimum absolute atomic E-state index is 0.0207. The van der Waals surface area contributed by atoms with E-state index in [2.05, 4.69) is 5.32 Å². The SMILES string of the molecule is CC1(NC(=O)C[C@H](O)c2cc(Cl)cc(Cl)c2)CCOCC1. The highest BCUT2D eigenvalue weighted by Gasteiger charge is 2.29. The van der Waals surface area contributed by atoms with Gasteiger partial charge in [0.15, 0.2) is 0 Å². The molecule has 1 heterocycles. The van der Waals surface area contributed by atoms with Crippen molar-refractivity contribution in [1.29, 1.82) is 0 Å². The molecule has 0 bridgehead atoms. The fraction of sp³-hybridized carbons (Fsp3) is 0.533. The van der Waals surface area contributed by atoms with Gasteiger partial charge in [-0.1, -0.05) is 23.2 Å². The summed E-state index contributed by atoms with van der Waals surface area (Å²) in [6, 6.07) is 4.81. The van der Waals surface area contributed by atoms with Crippen LogP contribution in [0, 0.1) is 0 Å². The number of amides is 1. The minimum Gasteiger partial charge on any atom is -0.388 e. The predicted octanol–water partition coefficient (Wildman–Crippen LogP) is 3.10. The molecule has 4 nitrogen and oxygen atoms in total. The average molecular weight is 332 g/mol. The van der Waals surface area contributed by atoms with Crippen molar-refractivity contribution in [1.82, 2.24) is 5.32 Å². The molecule has 1 saturated heterocycles. The first-order valence-electron chi connectivity index (χ1n) is 6.91. The Bertz CT molecular complexity index is 495.